The van der Waals surface area contributed by atoms with Gasteiger partial charge < -0.3 is 10.0 Å². The van der Waals surface area contributed by atoms with Crippen LogP contribution in [0.4, 0.5) is 0 Å². The maximum absolute atomic E-state index is 12.4. The van der Waals surface area contributed by atoms with E-state index in [4.69, 9.17) is 0 Å². The molecule has 0 bridgehead atoms. The van der Waals surface area contributed by atoms with Gasteiger partial charge in [-0.15, -0.1) is 22.7 Å². The van der Waals surface area contributed by atoms with Crippen molar-refractivity contribution < 1.29 is 9.90 Å². The Hall–Kier alpha value is -1.24. The van der Waals surface area contributed by atoms with E-state index in [1.165, 1.54) is 11.3 Å². The zero-order valence-electron chi connectivity index (χ0n) is 11.9. The van der Waals surface area contributed by atoms with Gasteiger partial charge >= 0.3 is 0 Å². The van der Waals surface area contributed by atoms with Crippen LogP contribution in [0.1, 0.15) is 36.2 Å². The van der Waals surface area contributed by atoms with Crippen molar-refractivity contribution >= 4 is 28.6 Å². The fourth-order valence-electron chi connectivity index (χ4n) is 2.79. The normalized spacial score (nSPS) is 17.0. The molecule has 0 spiro atoms. The molecule has 1 aliphatic rings. The van der Waals surface area contributed by atoms with Crippen LogP contribution in [0.5, 0.6) is 0 Å². The minimum absolute atomic E-state index is 0.116. The third-order valence-electron chi connectivity index (χ3n) is 3.87. The monoisotopic (exact) mass is 322 g/mol. The number of carbonyl (C=O) groups is 1. The summed E-state index contributed by atoms with van der Waals surface area (Å²) in [4.78, 5) is 19.5. The van der Waals surface area contributed by atoms with Crippen molar-refractivity contribution in [1.29, 1.82) is 0 Å². The average molecular weight is 322 g/mol. The lowest BCUT2D eigenvalue weighted by molar-refractivity contribution is 0.0155. The number of rotatable bonds is 4. The Morgan fingerprint density at radius 2 is 2.19 bits per heavy atom. The summed E-state index contributed by atoms with van der Waals surface area (Å²) in [7, 11) is 1.74. The molecule has 0 radical (unpaired) electrons. The fraction of sp³-hybridized carbons (Fsp3) is 0.467. The molecule has 0 aliphatic heterocycles. The van der Waals surface area contributed by atoms with Crippen LogP contribution >= 0.6 is 22.7 Å². The zero-order chi connectivity index (χ0) is 14.9. The number of likely N-dealkylation sites (N-methyl/N-ethyl adjacent to an activating group) is 1. The van der Waals surface area contributed by atoms with Crippen LogP contribution in [0.3, 0.4) is 0 Å². The van der Waals surface area contributed by atoms with E-state index in [1.54, 1.807) is 28.7 Å². The number of thiazole rings is 1. The molecule has 0 saturated heterocycles. The van der Waals surface area contributed by atoms with Gasteiger partial charge in [-0.1, -0.05) is 18.9 Å². The van der Waals surface area contributed by atoms with Crippen molar-refractivity contribution in [3.05, 3.63) is 28.6 Å². The van der Waals surface area contributed by atoms with Gasteiger partial charge in [0.15, 0.2) is 0 Å². The van der Waals surface area contributed by atoms with Crippen LogP contribution in [0.25, 0.3) is 9.88 Å². The van der Waals surface area contributed by atoms with Gasteiger partial charge in [-0.05, 0) is 24.3 Å². The van der Waals surface area contributed by atoms with Crippen molar-refractivity contribution in [3.8, 4) is 9.88 Å². The van der Waals surface area contributed by atoms with Crippen LogP contribution in [0, 0.1) is 0 Å². The van der Waals surface area contributed by atoms with Gasteiger partial charge in [-0.3, -0.25) is 4.79 Å². The van der Waals surface area contributed by atoms with Crippen LogP contribution in [0.2, 0.25) is 0 Å². The molecule has 0 atom stereocenters. The highest BCUT2D eigenvalue weighted by Crippen LogP contribution is 2.31. The molecule has 0 unspecified atom stereocenters. The number of aliphatic hydroxyl groups is 1. The summed E-state index contributed by atoms with van der Waals surface area (Å²) < 4.78 is 0. The molecule has 112 valence electrons. The van der Waals surface area contributed by atoms with Gasteiger partial charge in [0.25, 0.3) is 5.91 Å². The molecule has 1 saturated carbocycles. The summed E-state index contributed by atoms with van der Waals surface area (Å²) in [5.74, 6) is -0.116. The van der Waals surface area contributed by atoms with E-state index in [9.17, 15) is 9.90 Å². The quantitative estimate of drug-likeness (QED) is 0.940. The first-order valence-electron chi connectivity index (χ1n) is 7.05. The third kappa shape index (κ3) is 3.17. The molecule has 21 heavy (non-hydrogen) atoms. The van der Waals surface area contributed by atoms with E-state index in [2.05, 4.69) is 4.98 Å². The molecular weight excluding hydrogens is 304 g/mol. The van der Waals surface area contributed by atoms with Gasteiger partial charge in [0.05, 0.1) is 10.5 Å². The molecule has 2 heterocycles. The lowest BCUT2D eigenvalue weighted by Crippen LogP contribution is -2.42. The summed E-state index contributed by atoms with van der Waals surface area (Å²) in [5, 5.41) is 15.1. The highest BCUT2D eigenvalue weighted by Gasteiger charge is 2.34. The van der Waals surface area contributed by atoms with E-state index in [0.717, 1.165) is 35.6 Å². The molecule has 6 heteroatoms. The smallest absolute Gasteiger partial charge is 0.273 e. The number of aromatic nitrogens is 1. The highest BCUT2D eigenvalue weighted by atomic mass is 32.1. The highest BCUT2D eigenvalue weighted by molar-refractivity contribution is 7.20. The Labute approximate surface area is 132 Å². The summed E-state index contributed by atoms with van der Waals surface area (Å²) in [5.41, 5.74) is -0.246. The van der Waals surface area contributed by atoms with Gasteiger partial charge in [0.1, 0.15) is 10.7 Å². The zero-order valence-corrected chi connectivity index (χ0v) is 13.5. The molecule has 2 aromatic heterocycles. The lowest BCUT2D eigenvalue weighted by Gasteiger charge is -2.28. The van der Waals surface area contributed by atoms with Crippen LogP contribution in [0.15, 0.2) is 22.9 Å². The molecule has 0 aromatic carbocycles. The van der Waals surface area contributed by atoms with E-state index < -0.39 is 5.60 Å². The second-order valence-corrected chi connectivity index (χ2v) is 7.41. The fourth-order valence-corrected chi connectivity index (χ4v) is 4.39. The van der Waals surface area contributed by atoms with Crippen molar-refractivity contribution in [2.75, 3.05) is 13.6 Å². The van der Waals surface area contributed by atoms with E-state index in [0.29, 0.717) is 12.2 Å². The SMILES string of the molecule is CN(CC1(O)CCCC1)C(=O)c1csc(-c2cccs2)n1. The van der Waals surface area contributed by atoms with Crippen LogP contribution < -0.4 is 0 Å². The molecule has 2 aromatic rings. The number of hydrogen-bond acceptors (Lipinski definition) is 5. The first kappa shape index (κ1) is 14.7. The molecular formula is C15H18N2O2S2. The summed E-state index contributed by atoms with van der Waals surface area (Å²) >= 11 is 3.10. The van der Waals surface area contributed by atoms with E-state index in [-0.39, 0.29) is 5.91 Å². The molecule has 1 aliphatic carbocycles. The maximum Gasteiger partial charge on any atom is 0.273 e. The van der Waals surface area contributed by atoms with Crippen molar-refractivity contribution in [2.24, 2.45) is 0 Å². The largest absolute Gasteiger partial charge is 0.388 e. The average Bonchev–Trinajstić information content (AvgIpc) is 3.18. The first-order valence-corrected chi connectivity index (χ1v) is 8.81. The number of nitrogens with zero attached hydrogens (tertiary/aromatic N) is 2. The van der Waals surface area contributed by atoms with Crippen molar-refractivity contribution in [3.63, 3.8) is 0 Å². The Morgan fingerprint density at radius 1 is 1.43 bits per heavy atom. The van der Waals surface area contributed by atoms with Gasteiger partial charge in [-0.2, -0.15) is 0 Å². The topological polar surface area (TPSA) is 53.4 Å². The van der Waals surface area contributed by atoms with Gasteiger partial charge in [0, 0.05) is 19.0 Å². The summed E-state index contributed by atoms with van der Waals surface area (Å²) in [6.45, 7) is 0.387. The molecule has 1 amide bonds. The van der Waals surface area contributed by atoms with Crippen molar-refractivity contribution in [2.45, 2.75) is 31.3 Å². The Balaban J connectivity index is 1.70. The second kappa shape index (κ2) is 5.87. The molecule has 1 N–H and O–H groups in total. The lowest BCUT2D eigenvalue weighted by atomic mass is 10.0. The van der Waals surface area contributed by atoms with E-state index in [1.807, 2.05) is 17.5 Å². The Bertz CT molecular complexity index is 615. The number of amides is 1. The summed E-state index contributed by atoms with van der Waals surface area (Å²) in [6.07, 6.45) is 3.64. The van der Waals surface area contributed by atoms with Gasteiger partial charge in [0.2, 0.25) is 0 Å². The number of thiophene rings is 1. The molecule has 3 rings (SSSR count). The van der Waals surface area contributed by atoms with Crippen LogP contribution in [-0.4, -0.2) is 40.1 Å². The summed E-state index contributed by atoms with van der Waals surface area (Å²) in [6, 6.07) is 3.98. The molecule has 1 fully saturated rings. The van der Waals surface area contributed by atoms with E-state index >= 15 is 0 Å². The minimum Gasteiger partial charge on any atom is -0.388 e. The maximum atomic E-state index is 12.4. The van der Waals surface area contributed by atoms with Crippen molar-refractivity contribution in [1.82, 2.24) is 9.88 Å². The van der Waals surface area contributed by atoms with Gasteiger partial charge in [-0.25, -0.2) is 4.98 Å². The predicted molar refractivity (Wildman–Crippen MR) is 85.8 cm³/mol. The standard InChI is InChI=1S/C15H18N2O2S2/c1-17(10-15(19)6-2-3-7-15)14(18)11-9-21-13(16-11)12-5-4-8-20-12/h4-5,8-9,19H,2-3,6-7,10H2,1H3. The predicted octanol–water partition coefficient (Wildman–Crippen LogP) is 3.25. The van der Waals surface area contributed by atoms with Crippen LogP contribution in [-0.2, 0) is 0 Å². The minimum atomic E-state index is -0.711. The third-order valence-corrected chi connectivity index (χ3v) is 5.75. The Kier molecular flexibility index (Phi) is 4.10. The number of hydrogen-bond donors (Lipinski definition) is 1. The number of carbonyl (C=O) groups excluding carboxylic acids is 1. The molecule has 4 nitrogen and oxygen atoms in total. The second-order valence-electron chi connectivity index (χ2n) is 5.61. The first-order chi connectivity index (χ1) is 10.1. The Morgan fingerprint density at radius 3 is 2.86 bits per heavy atom.